The van der Waals surface area contributed by atoms with Crippen LogP contribution in [0.4, 0.5) is 11.4 Å². The number of carbonyl (C=O) groups is 1. The van der Waals surface area contributed by atoms with Gasteiger partial charge in [-0.2, -0.15) is 5.10 Å². The van der Waals surface area contributed by atoms with E-state index in [-0.39, 0.29) is 11.3 Å². The molecule has 2 aromatic carbocycles. The van der Waals surface area contributed by atoms with Crippen molar-refractivity contribution in [3.63, 3.8) is 0 Å². The predicted octanol–water partition coefficient (Wildman–Crippen LogP) is 3.22. The highest BCUT2D eigenvalue weighted by Crippen LogP contribution is 2.23. The van der Waals surface area contributed by atoms with Crippen molar-refractivity contribution < 1.29 is 14.5 Å². The molecule has 1 heterocycles. The SMILES string of the molecule is COC(=O)c1cc([N+](=O)[O-])ccc1NCCc1cnn(-c2ccccc2)c1. The van der Waals surface area contributed by atoms with Gasteiger partial charge in [0.25, 0.3) is 5.69 Å². The fraction of sp³-hybridized carbons (Fsp3) is 0.158. The first-order valence-corrected chi connectivity index (χ1v) is 8.28. The third-order valence-corrected chi connectivity index (χ3v) is 4.01. The van der Waals surface area contributed by atoms with Gasteiger partial charge in [-0.25, -0.2) is 9.48 Å². The molecule has 0 unspecified atom stereocenters. The minimum atomic E-state index is -0.627. The number of nitrogens with zero attached hydrogens (tertiary/aromatic N) is 3. The molecule has 0 atom stereocenters. The van der Waals surface area contributed by atoms with Crippen LogP contribution in [0.1, 0.15) is 15.9 Å². The first-order chi connectivity index (χ1) is 13.1. The van der Waals surface area contributed by atoms with Crippen molar-refractivity contribution >= 4 is 17.3 Å². The molecule has 0 fully saturated rings. The van der Waals surface area contributed by atoms with Gasteiger partial charge in [0.15, 0.2) is 0 Å². The molecular formula is C19H18N4O4. The zero-order valence-electron chi connectivity index (χ0n) is 14.7. The molecular weight excluding hydrogens is 348 g/mol. The molecule has 0 radical (unpaired) electrons. The highest BCUT2D eigenvalue weighted by molar-refractivity contribution is 5.96. The Morgan fingerprint density at radius 3 is 2.74 bits per heavy atom. The number of esters is 1. The van der Waals surface area contributed by atoms with Gasteiger partial charge in [0, 0.05) is 30.6 Å². The van der Waals surface area contributed by atoms with Crippen LogP contribution < -0.4 is 5.32 Å². The van der Waals surface area contributed by atoms with Crippen LogP contribution in [0.15, 0.2) is 60.9 Å². The highest BCUT2D eigenvalue weighted by atomic mass is 16.6. The number of methoxy groups -OCH3 is 1. The van der Waals surface area contributed by atoms with Gasteiger partial charge in [-0.05, 0) is 30.2 Å². The van der Waals surface area contributed by atoms with Crippen LogP contribution in [-0.2, 0) is 11.2 Å². The average molecular weight is 366 g/mol. The molecule has 0 saturated carbocycles. The molecule has 138 valence electrons. The normalized spacial score (nSPS) is 10.4. The van der Waals surface area contributed by atoms with Gasteiger partial charge in [-0.1, -0.05) is 18.2 Å². The summed E-state index contributed by atoms with van der Waals surface area (Å²) in [4.78, 5) is 22.3. The predicted molar refractivity (Wildman–Crippen MR) is 100 cm³/mol. The molecule has 0 aliphatic rings. The molecule has 0 amide bonds. The topological polar surface area (TPSA) is 99.3 Å². The standard InChI is InChI=1S/C19H18N4O4/c1-27-19(24)17-11-16(23(25)26)7-8-18(17)20-10-9-14-12-21-22(13-14)15-5-3-2-4-6-15/h2-8,11-13,20H,9-10H2,1H3. The first kappa shape index (κ1) is 18.1. The summed E-state index contributed by atoms with van der Waals surface area (Å²) in [5.41, 5.74) is 2.45. The maximum atomic E-state index is 11.9. The lowest BCUT2D eigenvalue weighted by Gasteiger charge is -2.10. The van der Waals surface area contributed by atoms with E-state index in [1.54, 1.807) is 10.9 Å². The molecule has 1 aromatic heterocycles. The van der Waals surface area contributed by atoms with Crippen molar-refractivity contribution in [3.8, 4) is 5.69 Å². The number of rotatable bonds is 7. The monoisotopic (exact) mass is 366 g/mol. The van der Waals surface area contributed by atoms with Gasteiger partial charge in [0.2, 0.25) is 0 Å². The molecule has 27 heavy (non-hydrogen) atoms. The second-order valence-electron chi connectivity index (χ2n) is 5.78. The molecule has 3 rings (SSSR count). The van der Waals surface area contributed by atoms with Crippen molar-refractivity contribution in [2.75, 3.05) is 19.0 Å². The van der Waals surface area contributed by atoms with E-state index in [2.05, 4.69) is 10.4 Å². The van der Waals surface area contributed by atoms with Gasteiger partial charge in [0.1, 0.15) is 0 Å². The quantitative estimate of drug-likeness (QED) is 0.391. The minimum absolute atomic E-state index is 0.131. The van der Waals surface area contributed by atoms with Gasteiger partial charge >= 0.3 is 5.97 Å². The fourth-order valence-electron chi connectivity index (χ4n) is 2.63. The molecule has 3 aromatic rings. The van der Waals surface area contributed by atoms with Gasteiger partial charge < -0.3 is 10.1 Å². The zero-order valence-corrected chi connectivity index (χ0v) is 14.7. The van der Waals surface area contributed by atoms with Crippen molar-refractivity contribution in [1.82, 2.24) is 9.78 Å². The Kier molecular flexibility index (Phi) is 5.46. The summed E-state index contributed by atoms with van der Waals surface area (Å²) in [7, 11) is 1.24. The number of ether oxygens (including phenoxy) is 1. The zero-order chi connectivity index (χ0) is 19.2. The Morgan fingerprint density at radius 2 is 2.04 bits per heavy atom. The lowest BCUT2D eigenvalue weighted by molar-refractivity contribution is -0.384. The van der Waals surface area contributed by atoms with E-state index in [0.717, 1.165) is 11.3 Å². The Hall–Kier alpha value is -3.68. The van der Waals surface area contributed by atoms with E-state index in [1.165, 1.54) is 25.3 Å². The molecule has 0 aliphatic carbocycles. The first-order valence-electron chi connectivity index (χ1n) is 8.28. The van der Waals surface area contributed by atoms with Crippen LogP contribution in [0.25, 0.3) is 5.69 Å². The number of carbonyl (C=O) groups excluding carboxylic acids is 1. The number of benzene rings is 2. The minimum Gasteiger partial charge on any atom is -0.465 e. The van der Waals surface area contributed by atoms with Gasteiger partial charge in [-0.3, -0.25) is 10.1 Å². The van der Waals surface area contributed by atoms with E-state index in [9.17, 15) is 14.9 Å². The third-order valence-electron chi connectivity index (χ3n) is 4.01. The van der Waals surface area contributed by atoms with Crippen LogP contribution in [0.3, 0.4) is 0 Å². The number of aromatic nitrogens is 2. The van der Waals surface area contributed by atoms with Gasteiger partial charge in [-0.15, -0.1) is 0 Å². The number of para-hydroxylation sites is 1. The molecule has 8 nitrogen and oxygen atoms in total. The van der Waals surface area contributed by atoms with E-state index >= 15 is 0 Å². The second-order valence-corrected chi connectivity index (χ2v) is 5.78. The van der Waals surface area contributed by atoms with E-state index in [1.807, 2.05) is 36.5 Å². The number of hydrogen-bond donors (Lipinski definition) is 1. The molecule has 0 spiro atoms. The molecule has 0 bridgehead atoms. The summed E-state index contributed by atoms with van der Waals surface area (Å²) in [6.45, 7) is 0.530. The molecule has 0 saturated heterocycles. The Labute approximate surface area is 155 Å². The summed E-state index contributed by atoms with van der Waals surface area (Å²) in [6, 6.07) is 13.8. The maximum absolute atomic E-state index is 11.9. The number of nitro benzene ring substituents is 1. The van der Waals surface area contributed by atoms with Crippen molar-refractivity contribution in [1.29, 1.82) is 0 Å². The second kappa shape index (κ2) is 8.13. The van der Waals surface area contributed by atoms with Crippen molar-refractivity contribution in [2.45, 2.75) is 6.42 Å². The number of nitrogens with one attached hydrogen (secondary N) is 1. The largest absolute Gasteiger partial charge is 0.465 e. The fourth-order valence-corrected chi connectivity index (χ4v) is 2.63. The summed E-state index contributed by atoms with van der Waals surface area (Å²) in [6.07, 6.45) is 4.39. The van der Waals surface area contributed by atoms with E-state index in [4.69, 9.17) is 4.74 Å². The lowest BCUT2D eigenvalue weighted by atomic mass is 10.1. The Morgan fingerprint density at radius 1 is 1.26 bits per heavy atom. The summed E-state index contributed by atoms with van der Waals surface area (Å²) >= 11 is 0. The van der Waals surface area contributed by atoms with Crippen molar-refractivity contribution in [2.24, 2.45) is 0 Å². The number of anilines is 1. The summed E-state index contributed by atoms with van der Waals surface area (Å²) in [5, 5.41) is 18.4. The van der Waals surface area contributed by atoms with Crippen LogP contribution in [0.5, 0.6) is 0 Å². The molecule has 0 aliphatic heterocycles. The third kappa shape index (κ3) is 4.30. The van der Waals surface area contributed by atoms with E-state index in [0.29, 0.717) is 18.7 Å². The van der Waals surface area contributed by atoms with Crippen molar-refractivity contribution in [3.05, 3.63) is 82.2 Å². The van der Waals surface area contributed by atoms with Crippen LogP contribution in [-0.4, -0.2) is 34.3 Å². The van der Waals surface area contributed by atoms with Gasteiger partial charge in [0.05, 0.1) is 29.5 Å². The Balaban J connectivity index is 1.68. The Bertz CT molecular complexity index is 953. The smallest absolute Gasteiger partial charge is 0.340 e. The van der Waals surface area contributed by atoms with Crippen LogP contribution in [0, 0.1) is 10.1 Å². The molecule has 8 heteroatoms. The number of nitro groups is 1. The number of non-ortho nitro benzene ring substituents is 1. The average Bonchev–Trinajstić information content (AvgIpc) is 3.17. The summed E-state index contributed by atoms with van der Waals surface area (Å²) in [5.74, 6) is -0.627. The summed E-state index contributed by atoms with van der Waals surface area (Å²) < 4.78 is 6.51. The highest BCUT2D eigenvalue weighted by Gasteiger charge is 2.17. The lowest BCUT2D eigenvalue weighted by Crippen LogP contribution is -2.11. The molecule has 1 N–H and O–H groups in total. The maximum Gasteiger partial charge on any atom is 0.340 e. The number of hydrogen-bond acceptors (Lipinski definition) is 6. The van der Waals surface area contributed by atoms with E-state index < -0.39 is 10.9 Å². The van der Waals surface area contributed by atoms with Crippen LogP contribution >= 0.6 is 0 Å². The van der Waals surface area contributed by atoms with Crippen LogP contribution in [0.2, 0.25) is 0 Å².